The number of benzene rings is 1. The van der Waals surface area contributed by atoms with E-state index in [0.29, 0.717) is 19.1 Å². The summed E-state index contributed by atoms with van der Waals surface area (Å²) in [5.74, 6) is 1.32. The van der Waals surface area contributed by atoms with E-state index in [4.69, 9.17) is 13.9 Å². The lowest BCUT2D eigenvalue weighted by atomic mass is 10.2. The lowest BCUT2D eigenvalue weighted by Gasteiger charge is -2.05. The SMILES string of the molecule is COCCOc1cccc(-c2nc3cnccc3o2)c1. The number of methoxy groups -OCH3 is 1. The second-order valence-corrected chi connectivity index (χ2v) is 4.23. The highest BCUT2D eigenvalue weighted by Gasteiger charge is 2.08. The molecule has 0 fully saturated rings. The number of rotatable bonds is 5. The number of nitrogens with zero attached hydrogens (tertiary/aromatic N) is 2. The van der Waals surface area contributed by atoms with Crippen LogP contribution in [0.4, 0.5) is 0 Å². The van der Waals surface area contributed by atoms with Gasteiger partial charge in [-0.2, -0.15) is 0 Å². The van der Waals surface area contributed by atoms with Crippen LogP contribution in [0.5, 0.6) is 5.75 Å². The first-order valence-corrected chi connectivity index (χ1v) is 6.29. The van der Waals surface area contributed by atoms with Crippen LogP contribution in [0.3, 0.4) is 0 Å². The fourth-order valence-corrected chi connectivity index (χ4v) is 1.87. The quantitative estimate of drug-likeness (QED) is 0.667. The summed E-state index contributed by atoms with van der Waals surface area (Å²) in [5.41, 5.74) is 2.34. The highest BCUT2D eigenvalue weighted by molar-refractivity contribution is 5.75. The van der Waals surface area contributed by atoms with Crippen molar-refractivity contribution in [3.05, 3.63) is 42.7 Å². The summed E-state index contributed by atoms with van der Waals surface area (Å²) in [6, 6.07) is 9.42. The van der Waals surface area contributed by atoms with E-state index in [2.05, 4.69) is 9.97 Å². The van der Waals surface area contributed by atoms with Crippen LogP contribution in [0, 0.1) is 0 Å². The van der Waals surface area contributed by atoms with Gasteiger partial charge in [0.05, 0.1) is 12.8 Å². The first-order chi connectivity index (χ1) is 9.86. The summed E-state index contributed by atoms with van der Waals surface area (Å²) in [5, 5.41) is 0. The van der Waals surface area contributed by atoms with Crippen molar-refractivity contribution in [3.8, 4) is 17.2 Å². The van der Waals surface area contributed by atoms with Gasteiger partial charge in [0.2, 0.25) is 5.89 Å². The smallest absolute Gasteiger partial charge is 0.227 e. The molecule has 3 aromatic rings. The van der Waals surface area contributed by atoms with Crippen molar-refractivity contribution in [2.75, 3.05) is 20.3 Å². The van der Waals surface area contributed by atoms with Gasteiger partial charge in [-0.1, -0.05) is 6.07 Å². The molecule has 0 N–H and O–H groups in total. The van der Waals surface area contributed by atoms with Crippen LogP contribution in [0.2, 0.25) is 0 Å². The van der Waals surface area contributed by atoms with Gasteiger partial charge in [0.25, 0.3) is 0 Å². The van der Waals surface area contributed by atoms with Crippen molar-refractivity contribution < 1.29 is 13.9 Å². The minimum Gasteiger partial charge on any atom is -0.491 e. The van der Waals surface area contributed by atoms with Gasteiger partial charge < -0.3 is 13.9 Å². The Morgan fingerprint density at radius 1 is 1.20 bits per heavy atom. The molecule has 1 aromatic carbocycles. The van der Waals surface area contributed by atoms with Gasteiger partial charge in [-0.3, -0.25) is 4.98 Å². The lowest BCUT2D eigenvalue weighted by molar-refractivity contribution is 0.146. The van der Waals surface area contributed by atoms with E-state index in [-0.39, 0.29) is 0 Å². The highest BCUT2D eigenvalue weighted by Crippen LogP contribution is 2.26. The van der Waals surface area contributed by atoms with Crippen LogP contribution >= 0.6 is 0 Å². The van der Waals surface area contributed by atoms with Gasteiger partial charge in [-0.15, -0.1) is 0 Å². The van der Waals surface area contributed by atoms with Crippen LogP contribution in [0.1, 0.15) is 0 Å². The third kappa shape index (κ3) is 2.62. The van der Waals surface area contributed by atoms with Gasteiger partial charge in [0.15, 0.2) is 5.58 Å². The van der Waals surface area contributed by atoms with Gasteiger partial charge in [-0.25, -0.2) is 4.98 Å². The fourth-order valence-electron chi connectivity index (χ4n) is 1.87. The lowest BCUT2D eigenvalue weighted by Crippen LogP contribution is -2.04. The van der Waals surface area contributed by atoms with E-state index in [1.807, 2.05) is 24.3 Å². The van der Waals surface area contributed by atoms with Crippen molar-refractivity contribution >= 4 is 11.1 Å². The summed E-state index contributed by atoms with van der Waals surface area (Å²) in [6.45, 7) is 1.07. The number of ether oxygens (including phenoxy) is 2. The molecule has 0 radical (unpaired) electrons. The Kier molecular flexibility index (Phi) is 3.60. The van der Waals surface area contributed by atoms with E-state index >= 15 is 0 Å². The molecule has 2 heterocycles. The van der Waals surface area contributed by atoms with Crippen molar-refractivity contribution in [2.24, 2.45) is 0 Å². The molecule has 0 bridgehead atoms. The van der Waals surface area contributed by atoms with E-state index in [1.165, 1.54) is 0 Å². The summed E-state index contributed by atoms with van der Waals surface area (Å²) in [7, 11) is 1.64. The Bertz CT molecular complexity index is 676. The number of pyridine rings is 1. The van der Waals surface area contributed by atoms with Crippen molar-refractivity contribution in [1.29, 1.82) is 0 Å². The molecule has 0 spiro atoms. The molecule has 5 nitrogen and oxygen atoms in total. The molecule has 0 saturated heterocycles. The molecule has 0 aliphatic carbocycles. The summed E-state index contributed by atoms with van der Waals surface area (Å²) < 4.78 is 16.2. The number of hydrogen-bond acceptors (Lipinski definition) is 5. The van der Waals surface area contributed by atoms with E-state index in [0.717, 1.165) is 22.4 Å². The summed E-state index contributed by atoms with van der Waals surface area (Å²) in [4.78, 5) is 8.44. The highest BCUT2D eigenvalue weighted by atomic mass is 16.5. The first-order valence-electron chi connectivity index (χ1n) is 6.29. The Morgan fingerprint density at radius 2 is 2.15 bits per heavy atom. The number of aromatic nitrogens is 2. The minimum atomic E-state index is 0.511. The molecule has 0 saturated carbocycles. The fraction of sp³-hybridized carbons (Fsp3) is 0.200. The zero-order chi connectivity index (χ0) is 13.8. The molecule has 0 aliphatic heterocycles. The Labute approximate surface area is 116 Å². The van der Waals surface area contributed by atoms with Crippen LogP contribution in [-0.2, 0) is 4.74 Å². The summed E-state index contributed by atoms with van der Waals surface area (Å²) >= 11 is 0. The molecule has 0 amide bonds. The molecule has 0 atom stereocenters. The zero-order valence-corrected chi connectivity index (χ0v) is 11.1. The topological polar surface area (TPSA) is 57.4 Å². The average molecular weight is 270 g/mol. The number of fused-ring (bicyclic) bond motifs is 1. The maximum absolute atomic E-state index is 5.70. The van der Waals surface area contributed by atoms with Crippen LogP contribution in [-0.4, -0.2) is 30.3 Å². The molecule has 102 valence electrons. The van der Waals surface area contributed by atoms with Gasteiger partial charge in [0, 0.05) is 24.9 Å². The van der Waals surface area contributed by atoms with E-state index < -0.39 is 0 Å². The molecular formula is C15H14N2O3. The third-order valence-corrected chi connectivity index (χ3v) is 2.83. The molecule has 2 aromatic heterocycles. The van der Waals surface area contributed by atoms with Crippen molar-refractivity contribution in [1.82, 2.24) is 9.97 Å². The molecule has 3 rings (SSSR count). The predicted molar refractivity (Wildman–Crippen MR) is 74.6 cm³/mol. The maximum Gasteiger partial charge on any atom is 0.227 e. The van der Waals surface area contributed by atoms with E-state index in [1.54, 1.807) is 25.6 Å². The molecule has 20 heavy (non-hydrogen) atoms. The van der Waals surface area contributed by atoms with Crippen LogP contribution in [0.25, 0.3) is 22.6 Å². The monoisotopic (exact) mass is 270 g/mol. The maximum atomic E-state index is 5.70. The Morgan fingerprint density at radius 3 is 3.00 bits per heavy atom. The van der Waals surface area contributed by atoms with Crippen LogP contribution < -0.4 is 4.74 Å². The van der Waals surface area contributed by atoms with Crippen LogP contribution in [0.15, 0.2) is 47.1 Å². The molecular weight excluding hydrogens is 256 g/mol. The van der Waals surface area contributed by atoms with E-state index in [9.17, 15) is 0 Å². The minimum absolute atomic E-state index is 0.511. The van der Waals surface area contributed by atoms with Gasteiger partial charge in [-0.05, 0) is 18.2 Å². The molecule has 0 unspecified atom stereocenters. The predicted octanol–water partition coefficient (Wildman–Crippen LogP) is 2.92. The number of hydrogen-bond donors (Lipinski definition) is 0. The normalized spacial score (nSPS) is 10.8. The van der Waals surface area contributed by atoms with Crippen molar-refractivity contribution in [3.63, 3.8) is 0 Å². The summed E-state index contributed by atoms with van der Waals surface area (Å²) in [6.07, 6.45) is 3.36. The molecule has 0 aliphatic rings. The van der Waals surface area contributed by atoms with Crippen molar-refractivity contribution in [2.45, 2.75) is 0 Å². The average Bonchev–Trinajstić information content (AvgIpc) is 2.92. The zero-order valence-electron chi connectivity index (χ0n) is 11.1. The Hall–Kier alpha value is -2.40. The molecule has 5 heteroatoms. The standard InChI is InChI=1S/C15H14N2O3/c1-18-7-8-19-12-4-2-3-11(9-12)15-17-13-10-16-6-5-14(13)20-15/h2-6,9-10H,7-8H2,1H3. The second-order valence-electron chi connectivity index (χ2n) is 4.23. The first kappa shape index (κ1) is 12.6. The third-order valence-electron chi connectivity index (χ3n) is 2.83. The largest absolute Gasteiger partial charge is 0.491 e. The Balaban J connectivity index is 1.87. The number of oxazole rings is 1. The second kappa shape index (κ2) is 5.71. The van der Waals surface area contributed by atoms with Gasteiger partial charge >= 0.3 is 0 Å². The van der Waals surface area contributed by atoms with Gasteiger partial charge in [0.1, 0.15) is 17.9 Å².